The number of unbranched alkanes of at least 4 members (excludes halogenated alkanes) is 2. The number of nitrogens with zero attached hydrogens (tertiary/aromatic N) is 3. The maximum atomic E-state index is 12.0. The van der Waals surface area contributed by atoms with Crippen molar-refractivity contribution in [3.63, 3.8) is 0 Å². The third-order valence-corrected chi connectivity index (χ3v) is 5.24. The zero-order valence-corrected chi connectivity index (χ0v) is 17.1. The zero-order valence-electron chi connectivity index (χ0n) is 16.3. The van der Waals surface area contributed by atoms with Crippen LogP contribution in [0.1, 0.15) is 39.5 Å². The Balaban J connectivity index is 1.89. The lowest BCUT2D eigenvalue weighted by atomic mass is 9.91. The second-order valence-electron chi connectivity index (χ2n) is 7.52. The van der Waals surface area contributed by atoms with E-state index in [-0.39, 0.29) is 17.7 Å². The molecule has 2 aliphatic heterocycles. The highest BCUT2D eigenvalue weighted by molar-refractivity contribution is 7.88. The van der Waals surface area contributed by atoms with Crippen molar-refractivity contribution >= 4 is 22.1 Å². The van der Waals surface area contributed by atoms with Gasteiger partial charge in [0.2, 0.25) is 10.0 Å². The number of amidine groups is 1. The molecule has 2 aliphatic rings. The molecule has 10 heteroatoms. The third-order valence-electron chi connectivity index (χ3n) is 4.51. The Morgan fingerprint density at radius 3 is 2.81 bits per heavy atom. The average Bonchev–Trinajstić information content (AvgIpc) is 2.89. The van der Waals surface area contributed by atoms with Crippen LogP contribution in [0.5, 0.6) is 0 Å². The fourth-order valence-corrected chi connectivity index (χ4v) is 3.56. The topological polar surface area (TPSA) is 98.2 Å². The van der Waals surface area contributed by atoms with E-state index >= 15 is 0 Å². The van der Waals surface area contributed by atoms with Gasteiger partial charge in [-0.15, -0.1) is 0 Å². The Kier molecular flexibility index (Phi) is 7.75. The molecule has 0 saturated carbocycles. The van der Waals surface area contributed by atoms with Gasteiger partial charge in [0.1, 0.15) is 12.0 Å². The van der Waals surface area contributed by atoms with Gasteiger partial charge in [-0.3, -0.25) is 10.3 Å². The van der Waals surface area contributed by atoms with Crippen LogP contribution < -0.4 is 15.4 Å². The minimum Gasteiger partial charge on any atom is -0.372 e. The van der Waals surface area contributed by atoms with Crippen molar-refractivity contribution in [2.75, 3.05) is 25.9 Å². The van der Waals surface area contributed by atoms with E-state index in [1.165, 1.54) is 6.08 Å². The molecular weight excluding hydrogens is 371 g/mol. The molecule has 0 aliphatic carbocycles. The number of hydrogen-bond donors (Lipinski definition) is 3. The molecule has 2 heterocycles. The van der Waals surface area contributed by atoms with Crippen LogP contribution in [0.4, 0.5) is 4.39 Å². The number of aliphatic imine (C=N–C) groups is 1. The Morgan fingerprint density at radius 2 is 2.11 bits per heavy atom. The van der Waals surface area contributed by atoms with Gasteiger partial charge in [0.05, 0.1) is 12.6 Å². The van der Waals surface area contributed by atoms with Crippen molar-refractivity contribution in [3.8, 4) is 0 Å². The minimum atomic E-state index is -3.19. The lowest BCUT2D eigenvalue weighted by molar-refractivity contribution is 0.0883. The quantitative estimate of drug-likeness (QED) is 0.476. The maximum Gasteiger partial charge on any atom is 0.208 e. The van der Waals surface area contributed by atoms with E-state index in [0.29, 0.717) is 25.8 Å². The maximum absolute atomic E-state index is 12.0. The first-order valence-corrected chi connectivity index (χ1v) is 11.2. The monoisotopic (exact) mass is 402 g/mol. The molecule has 0 spiro atoms. The van der Waals surface area contributed by atoms with Gasteiger partial charge in [-0.25, -0.2) is 22.5 Å². The SMILES string of the molecule is CC1(C)C=NN2C(NCCCC/C=C/F)CC(NCCNS(C)(=O)=O)=NC21. The molecule has 2 rings (SSSR count). The summed E-state index contributed by atoms with van der Waals surface area (Å²) in [6.07, 6.45) is 8.39. The summed E-state index contributed by atoms with van der Waals surface area (Å²) in [4.78, 5) is 4.79. The number of sulfonamides is 1. The molecule has 0 saturated heterocycles. The minimum absolute atomic E-state index is 0.0209. The second kappa shape index (κ2) is 9.61. The lowest BCUT2D eigenvalue weighted by Crippen LogP contribution is -2.55. The molecule has 0 aromatic rings. The van der Waals surface area contributed by atoms with Gasteiger partial charge in [0.15, 0.2) is 6.17 Å². The van der Waals surface area contributed by atoms with Gasteiger partial charge < -0.3 is 5.32 Å². The molecule has 0 bridgehead atoms. The highest BCUT2D eigenvalue weighted by Gasteiger charge is 2.43. The molecule has 0 aromatic heterocycles. The largest absolute Gasteiger partial charge is 0.372 e. The van der Waals surface area contributed by atoms with Gasteiger partial charge in [-0.05, 0) is 25.8 Å². The number of hydrogen-bond acceptors (Lipinski definition) is 7. The highest BCUT2D eigenvalue weighted by atomic mass is 32.2. The number of allylic oxidation sites excluding steroid dienone is 1. The summed E-state index contributed by atoms with van der Waals surface area (Å²) in [5.74, 6) is 0.850. The molecule has 2 atom stereocenters. The standard InChI is InChI=1S/C17H31FN6O2S/c1-17(2)13-21-24-15(20-9-7-5-4-6-8-18)12-14(23-16(17)24)19-10-11-22-27(3,25)26/h6,8,13,15-16,20,22H,4-5,7,9-12H2,1-3H3,(H,19,23)/b8-6+. The third kappa shape index (κ3) is 6.86. The van der Waals surface area contributed by atoms with Crippen LogP contribution in [-0.4, -0.2) is 63.7 Å². The first-order chi connectivity index (χ1) is 12.7. The van der Waals surface area contributed by atoms with Crippen LogP contribution in [0.25, 0.3) is 0 Å². The van der Waals surface area contributed by atoms with E-state index in [9.17, 15) is 12.8 Å². The van der Waals surface area contributed by atoms with E-state index in [1.807, 2.05) is 11.2 Å². The van der Waals surface area contributed by atoms with Gasteiger partial charge in [-0.1, -0.05) is 19.9 Å². The van der Waals surface area contributed by atoms with Crippen molar-refractivity contribution in [2.24, 2.45) is 15.5 Å². The van der Waals surface area contributed by atoms with Crippen molar-refractivity contribution in [1.29, 1.82) is 0 Å². The summed E-state index contributed by atoms with van der Waals surface area (Å²) < 4.78 is 36.7. The molecule has 27 heavy (non-hydrogen) atoms. The van der Waals surface area contributed by atoms with Crippen molar-refractivity contribution in [2.45, 2.75) is 51.9 Å². The van der Waals surface area contributed by atoms with Gasteiger partial charge in [0, 0.05) is 31.1 Å². The summed E-state index contributed by atoms with van der Waals surface area (Å²) in [5, 5.41) is 13.3. The number of rotatable bonds is 10. The molecule has 0 aromatic carbocycles. The Bertz CT molecular complexity index is 677. The summed E-state index contributed by atoms with van der Waals surface area (Å²) in [5.41, 5.74) is -0.176. The van der Waals surface area contributed by atoms with Gasteiger partial charge in [-0.2, -0.15) is 5.10 Å². The Labute approximate surface area is 161 Å². The molecule has 8 nitrogen and oxygen atoms in total. The van der Waals surface area contributed by atoms with E-state index in [0.717, 1.165) is 37.9 Å². The molecule has 0 radical (unpaired) electrons. The number of hydrazone groups is 1. The summed E-state index contributed by atoms with van der Waals surface area (Å²) >= 11 is 0. The van der Waals surface area contributed by atoms with Crippen LogP contribution in [0, 0.1) is 5.41 Å². The van der Waals surface area contributed by atoms with Gasteiger partial charge in [0.25, 0.3) is 0 Å². The normalized spacial score (nSPS) is 24.3. The van der Waals surface area contributed by atoms with Crippen molar-refractivity contribution < 1.29 is 12.8 Å². The van der Waals surface area contributed by atoms with E-state index < -0.39 is 10.0 Å². The fourth-order valence-electron chi connectivity index (χ4n) is 3.09. The molecule has 3 N–H and O–H groups in total. The molecule has 0 fully saturated rings. The average molecular weight is 403 g/mol. The first kappa shape index (κ1) is 21.8. The van der Waals surface area contributed by atoms with Crippen LogP contribution in [0.2, 0.25) is 0 Å². The predicted octanol–water partition coefficient (Wildman–Crippen LogP) is 1.15. The molecule has 0 amide bonds. The smallest absolute Gasteiger partial charge is 0.208 e. The van der Waals surface area contributed by atoms with Crippen LogP contribution in [0.3, 0.4) is 0 Å². The van der Waals surface area contributed by atoms with Gasteiger partial charge >= 0.3 is 0 Å². The van der Waals surface area contributed by atoms with Crippen molar-refractivity contribution in [3.05, 3.63) is 12.4 Å². The highest BCUT2D eigenvalue weighted by Crippen LogP contribution is 2.34. The van der Waals surface area contributed by atoms with Crippen molar-refractivity contribution in [1.82, 2.24) is 20.4 Å². The number of fused-ring (bicyclic) bond motifs is 1. The Morgan fingerprint density at radius 1 is 1.33 bits per heavy atom. The second-order valence-corrected chi connectivity index (χ2v) is 9.35. The Hall–Kier alpha value is -1.52. The van der Waals surface area contributed by atoms with E-state index in [2.05, 4.69) is 34.3 Å². The van der Waals surface area contributed by atoms with E-state index in [1.54, 1.807) is 0 Å². The van der Waals surface area contributed by atoms with Crippen LogP contribution in [0.15, 0.2) is 22.5 Å². The van der Waals surface area contributed by atoms with E-state index in [4.69, 9.17) is 4.99 Å². The fraction of sp³-hybridized carbons (Fsp3) is 0.765. The number of halogens is 1. The lowest BCUT2D eigenvalue weighted by Gasteiger charge is -2.39. The molecular formula is C17H31FN6O2S. The van der Waals surface area contributed by atoms with Crippen LogP contribution in [-0.2, 0) is 10.0 Å². The summed E-state index contributed by atoms with van der Waals surface area (Å²) in [6, 6.07) is 0. The molecule has 154 valence electrons. The molecule has 2 unspecified atom stereocenters. The van der Waals surface area contributed by atoms with Crippen LogP contribution >= 0.6 is 0 Å². The summed E-state index contributed by atoms with van der Waals surface area (Å²) in [6.45, 7) is 5.79. The summed E-state index contributed by atoms with van der Waals surface area (Å²) in [7, 11) is -3.19. The zero-order chi connectivity index (χ0) is 19.9. The number of nitrogens with one attached hydrogen (secondary N) is 3. The predicted molar refractivity (Wildman–Crippen MR) is 107 cm³/mol. The first-order valence-electron chi connectivity index (χ1n) is 9.30.